The summed E-state index contributed by atoms with van der Waals surface area (Å²) in [4.78, 5) is 0. The first kappa shape index (κ1) is 29.0. The van der Waals surface area contributed by atoms with Crippen molar-refractivity contribution >= 4 is 0 Å². The molecule has 2 aromatic carbocycles. The summed E-state index contributed by atoms with van der Waals surface area (Å²) in [5.74, 6) is 2.35. The smallest absolute Gasteiger partial charge is 0.134 e. The van der Waals surface area contributed by atoms with Crippen molar-refractivity contribution in [2.45, 2.75) is 104 Å². The van der Waals surface area contributed by atoms with Gasteiger partial charge < -0.3 is 14.2 Å². The molecule has 0 N–H and O–H groups in total. The van der Waals surface area contributed by atoms with Gasteiger partial charge in [-0.2, -0.15) is 0 Å². The number of rotatable bonds is 20. The van der Waals surface area contributed by atoms with E-state index in [1.807, 2.05) is 36.4 Å². The van der Waals surface area contributed by atoms with Gasteiger partial charge in [-0.1, -0.05) is 103 Å². The standard InChI is InChI=1S/C31H47FO3/c1-4-7-10-13-20-33-28-23-29(34-21-14-11-8-5-2)31(27-18-16-26(25-32)17-19-27)30(24-28)35-22-15-12-9-6-3/h16-19,23-24H,4-15,20-22,25H2,1-3H3. The molecule has 0 unspecified atom stereocenters. The van der Waals surface area contributed by atoms with Crippen molar-refractivity contribution in [1.29, 1.82) is 0 Å². The summed E-state index contributed by atoms with van der Waals surface area (Å²) >= 11 is 0. The normalized spacial score (nSPS) is 11.0. The molecule has 0 radical (unpaired) electrons. The van der Waals surface area contributed by atoms with E-state index in [-0.39, 0.29) is 0 Å². The molecular formula is C31H47FO3. The van der Waals surface area contributed by atoms with Gasteiger partial charge >= 0.3 is 0 Å². The highest BCUT2D eigenvalue weighted by atomic mass is 19.1. The molecule has 0 aliphatic heterocycles. The van der Waals surface area contributed by atoms with Crippen LogP contribution in [0, 0.1) is 0 Å². The van der Waals surface area contributed by atoms with Gasteiger partial charge in [0.15, 0.2) is 0 Å². The quantitative estimate of drug-likeness (QED) is 0.174. The molecular weight excluding hydrogens is 439 g/mol. The minimum atomic E-state index is -0.466. The van der Waals surface area contributed by atoms with Crippen LogP contribution in [0.5, 0.6) is 17.2 Å². The van der Waals surface area contributed by atoms with Crippen molar-refractivity contribution in [3.05, 3.63) is 42.0 Å². The molecule has 4 heteroatoms. The third-order valence-corrected chi connectivity index (χ3v) is 6.21. The second kappa shape index (κ2) is 18.1. The van der Waals surface area contributed by atoms with E-state index in [0.29, 0.717) is 25.4 Å². The zero-order valence-electron chi connectivity index (χ0n) is 22.4. The van der Waals surface area contributed by atoms with E-state index in [1.165, 1.54) is 44.9 Å². The Morgan fingerprint density at radius 2 is 1.03 bits per heavy atom. The van der Waals surface area contributed by atoms with Crippen molar-refractivity contribution < 1.29 is 18.6 Å². The summed E-state index contributed by atoms with van der Waals surface area (Å²) < 4.78 is 31.9. The van der Waals surface area contributed by atoms with Crippen LogP contribution in [0.4, 0.5) is 4.39 Å². The van der Waals surface area contributed by atoms with Crippen LogP contribution in [-0.2, 0) is 6.67 Å². The van der Waals surface area contributed by atoms with Crippen molar-refractivity contribution in [3.8, 4) is 28.4 Å². The third kappa shape index (κ3) is 10.9. The number of benzene rings is 2. The summed E-state index contributed by atoms with van der Waals surface area (Å²) in [5.41, 5.74) is 2.58. The molecule has 0 aliphatic carbocycles. The van der Waals surface area contributed by atoms with Gasteiger partial charge in [0.25, 0.3) is 0 Å². The van der Waals surface area contributed by atoms with Crippen LogP contribution in [0.1, 0.15) is 103 Å². The Morgan fingerprint density at radius 1 is 0.571 bits per heavy atom. The van der Waals surface area contributed by atoms with Crippen LogP contribution in [0.15, 0.2) is 36.4 Å². The van der Waals surface area contributed by atoms with E-state index >= 15 is 0 Å². The summed E-state index contributed by atoms with van der Waals surface area (Å²) in [5, 5.41) is 0. The zero-order chi connectivity index (χ0) is 25.1. The summed E-state index contributed by atoms with van der Waals surface area (Å²) in [7, 11) is 0. The maximum atomic E-state index is 13.1. The average Bonchev–Trinajstić information content (AvgIpc) is 2.88. The van der Waals surface area contributed by atoms with Gasteiger partial charge in [0.1, 0.15) is 23.9 Å². The molecule has 2 aromatic rings. The highest BCUT2D eigenvalue weighted by Gasteiger charge is 2.17. The van der Waals surface area contributed by atoms with Gasteiger partial charge in [-0.05, 0) is 30.4 Å². The third-order valence-electron chi connectivity index (χ3n) is 6.21. The number of halogens is 1. The molecule has 2 rings (SSSR count). The Kier molecular flexibility index (Phi) is 15.0. The van der Waals surface area contributed by atoms with Crippen molar-refractivity contribution in [2.75, 3.05) is 19.8 Å². The molecule has 0 aromatic heterocycles. The SMILES string of the molecule is CCCCCCOc1cc(OCCCCCC)c(-c2ccc(CF)cc2)c(OCCCCCC)c1. The fraction of sp³-hybridized carbons (Fsp3) is 0.613. The van der Waals surface area contributed by atoms with Crippen molar-refractivity contribution in [2.24, 2.45) is 0 Å². The molecule has 0 heterocycles. The predicted octanol–water partition coefficient (Wildman–Crippen LogP) is 9.70. The first-order chi connectivity index (χ1) is 17.2. The number of unbranched alkanes of at least 4 members (excludes halogenated alkanes) is 9. The van der Waals surface area contributed by atoms with E-state index in [4.69, 9.17) is 14.2 Å². The fourth-order valence-electron chi connectivity index (χ4n) is 4.06. The monoisotopic (exact) mass is 486 g/mol. The van der Waals surface area contributed by atoms with Crippen molar-refractivity contribution in [3.63, 3.8) is 0 Å². The summed E-state index contributed by atoms with van der Waals surface area (Å²) in [6.45, 7) is 8.19. The Bertz CT molecular complexity index is 768. The lowest BCUT2D eigenvalue weighted by Gasteiger charge is -2.19. The fourth-order valence-corrected chi connectivity index (χ4v) is 4.06. The number of hydrogen-bond acceptors (Lipinski definition) is 3. The molecule has 0 amide bonds. The predicted molar refractivity (Wildman–Crippen MR) is 146 cm³/mol. The van der Waals surface area contributed by atoms with E-state index in [9.17, 15) is 4.39 Å². The summed E-state index contributed by atoms with van der Waals surface area (Å²) in [6.07, 6.45) is 13.8. The molecule has 0 bridgehead atoms. The molecule has 0 saturated carbocycles. The van der Waals surface area contributed by atoms with E-state index < -0.39 is 6.67 Å². The second-order valence-corrected chi connectivity index (χ2v) is 9.35. The maximum absolute atomic E-state index is 13.1. The molecule has 35 heavy (non-hydrogen) atoms. The Balaban J connectivity index is 2.30. The largest absolute Gasteiger partial charge is 0.493 e. The van der Waals surface area contributed by atoms with Gasteiger partial charge in [0.2, 0.25) is 0 Å². The lowest BCUT2D eigenvalue weighted by atomic mass is 10.0. The first-order valence-corrected chi connectivity index (χ1v) is 13.9. The number of alkyl halides is 1. The van der Waals surface area contributed by atoms with Gasteiger partial charge in [-0.3, -0.25) is 0 Å². The topological polar surface area (TPSA) is 27.7 Å². The van der Waals surface area contributed by atoms with Crippen LogP contribution in [0.2, 0.25) is 0 Å². The van der Waals surface area contributed by atoms with E-state index in [0.717, 1.165) is 60.5 Å². The molecule has 0 saturated heterocycles. The Morgan fingerprint density at radius 3 is 1.46 bits per heavy atom. The highest BCUT2D eigenvalue weighted by Crippen LogP contribution is 2.42. The molecule has 0 atom stereocenters. The van der Waals surface area contributed by atoms with Gasteiger partial charge in [0, 0.05) is 12.1 Å². The van der Waals surface area contributed by atoms with Crippen LogP contribution in [-0.4, -0.2) is 19.8 Å². The van der Waals surface area contributed by atoms with Gasteiger partial charge in [-0.15, -0.1) is 0 Å². The second-order valence-electron chi connectivity index (χ2n) is 9.35. The first-order valence-electron chi connectivity index (χ1n) is 13.9. The Labute approximate surface area is 213 Å². The molecule has 3 nitrogen and oxygen atoms in total. The maximum Gasteiger partial charge on any atom is 0.134 e. The minimum Gasteiger partial charge on any atom is -0.493 e. The Hall–Kier alpha value is -2.23. The highest BCUT2D eigenvalue weighted by molar-refractivity contribution is 5.78. The van der Waals surface area contributed by atoms with Crippen LogP contribution < -0.4 is 14.2 Å². The van der Waals surface area contributed by atoms with E-state index in [1.54, 1.807) is 0 Å². The lowest BCUT2D eigenvalue weighted by molar-refractivity contribution is 0.278. The van der Waals surface area contributed by atoms with E-state index in [2.05, 4.69) is 20.8 Å². The minimum absolute atomic E-state index is 0.466. The van der Waals surface area contributed by atoms with Crippen LogP contribution in [0.25, 0.3) is 11.1 Å². The van der Waals surface area contributed by atoms with Gasteiger partial charge in [0.05, 0.1) is 25.4 Å². The molecule has 196 valence electrons. The summed E-state index contributed by atoms with van der Waals surface area (Å²) in [6, 6.07) is 11.6. The number of hydrogen-bond donors (Lipinski definition) is 0. The van der Waals surface area contributed by atoms with Crippen LogP contribution >= 0.6 is 0 Å². The lowest BCUT2D eigenvalue weighted by Crippen LogP contribution is -2.05. The average molecular weight is 487 g/mol. The van der Waals surface area contributed by atoms with Crippen molar-refractivity contribution in [1.82, 2.24) is 0 Å². The zero-order valence-corrected chi connectivity index (χ0v) is 22.4. The van der Waals surface area contributed by atoms with Crippen LogP contribution in [0.3, 0.4) is 0 Å². The molecule has 0 spiro atoms. The molecule has 0 aliphatic rings. The van der Waals surface area contributed by atoms with Gasteiger partial charge in [-0.25, -0.2) is 4.39 Å². The number of ether oxygens (including phenoxy) is 3. The molecule has 0 fully saturated rings.